The number of alkyl halides is 5. The van der Waals surface area contributed by atoms with Crippen LogP contribution in [-0.4, -0.2) is 42.3 Å². The van der Waals surface area contributed by atoms with Gasteiger partial charge in [-0.3, -0.25) is 4.68 Å². The van der Waals surface area contributed by atoms with Crippen molar-refractivity contribution in [2.45, 2.75) is 46.5 Å². The molecule has 31 heavy (non-hydrogen) atoms. The molecule has 11 heteroatoms. The molecule has 0 amide bonds. The number of rotatable bonds is 9. The van der Waals surface area contributed by atoms with Crippen LogP contribution in [0.1, 0.15) is 36.8 Å². The molecule has 0 unspecified atom stereocenters. The Kier molecular flexibility index (Phi) is 7.85. The fourth-order valence-electron chi connectivity index (χ4n) is 3.01. The van der Waals surface area contributed by atoms with Crippen LogP contribution in [0.25, 0.3) is 11.3 Å². The van der Waals surface area contributed by atoms with Crippen molar-refractivity contribution < 1.29 is 41.0 Å². The van der Waals surface area contributed by atoms with Crippen molar-refractivity contribution in [3.8, 4) is 22.8 Å². The van der Waals surface area contributed by atoms with E-state index in [-0.39, 0.29) is 47.2 Å². The number of carbonyl (C=O) groups excluding carboxylic acids is 1. The highest BCUT2D eigenvalue weighted by atomic mass is 19.4. The Labute approximate surface area is 175 Å². The van der Waals surface area contributed by atoms with E-state index >= 15 is 0 Å². The molecule has 0 saturated carbocycles. The molecule has 0 saturated heterocycles. The fourth-order valence-corrected chi connectivity index (χ4v) is 3.01. The summed E-state index contributed by atoms with van der Waals surface area (Å²) in [5.74, 6) is -2.82. The second-order valence-electron chi connectivity index (χ2n) is 6.62. The van der Waals surface area contributed by atoms with Crippen LogP contribution in [0.15, 0.2) is 18.2 Å². The zero-order valence-corrected chi connectivity index (χ0v) is 17.4. The Morgan fingerprint density at radius 3 is 2.42 bits per heavy atom. The van der Waals surface area contributed by atoms with Crippen LogP contribution in [0, 0.1) is 5.92 Å². The molecule has 2 rings (SSSR count). The minimum absolute atomic E-state index is 0.0178. The standard InChI is InChI=1S/C20H23F5N2O4/c1-5-27-16(17(29-4)15(26-27)18(28)30-6-2)13-8-7-12(9-11(3)20(23,24)25)10-14(13)31-19(21)22/h7-8,10-11,19H,5-6,9H2,1-4H3/t11-/m0/s1. The van der Waals surface area contributed by atoms with Crippen LogP contribution in [0.2, 0.25) is 0 Å². The summed E-state index contributed by atoms with van der Waals surface area (Å²) in [6.45, 7) is 1.42. The number of carbonyl (C=O) groups is 1. The minimum Gasteiger partial charge on any atom is -0.492 e. The van der Waals surface area contributed by atoms with Crippen molar-refractivity contribution in [1.29, 1.82) is 0 Å². The van der Waals surface area contributed by atoms with Gasteiger partial charge in [0.2, 0.25) is 5.69 Å². The Hall–Kier alpha value is -2.85. The summed E-state index contributed by atoms with van der Waals surface area (Å²) >= 11 is 0. The lowest BCUT2D eigenvalue weighted by Gasteiger charge is -2.18. The van der Waals surface area contributed by atoms with E-state index in [0.29, 0.717) is 0 Å². The summed E-state index contributed by atoms with van der Waals surface area (Å²) in [5.41, 5.74) is 0.264. The number of halogens is 5. The molecule has 1 heterocycles. The number of nitrogens with zero attached hydrogens (tertiary/aromatic N) is 2. The van der Waals surface area contributed by atoms with Gasteiger partial charge in [0.25, 0.3) is 0 Å². The summed E-state index contributed by atoms with van der Waals surface area (Å²) in [7, 11) is 1.27. The molecular formula is C20H23F5N2O4. The third-order valence-electron chi connectivity index (χ3n) is 4.50. The number of aryl methyl sites for hydroxylation is 1. The maximum atomic E-state index is 13.1. The van der Waals surface area contributed by atoms with Crippen molar-refractivity contribution in [1.82, 2.24) is 9.78 Å². The molecule has 1 atom stereocenters. The van der Waals surface area contributed by atoms with Crippen molar-refractivity contribution in [2.75, 3.05) is 13.7 Å². The Bertz CT molecular complexity index is 912. The van der Waals surface area contributed by atoms with Crippen molar-refractivity contribution >= 4 is 5.97 Å². The lowest BCUT2D eigenvalue weighted by Crippen LogP contribution is -2.21. The van der Waals surface area contributed by atoms with Crippen LogP contribution in [0.5, 0.6) is 11.5 Å². The molecule has 0 aliphatic heterocycles. The molecule has 0 spiro atoms. The summed E-state index contributed by atoms with van der Waals surface area (Å²) in [6.07, 6.45) is -4.84. The summed E-state index contributed by atoms with van der Waals surface area (Å²) in [5, 5.41) is 4.14. The van der Waals surface area contributed by atoms with Crippen LogP contribution in [0.3, 0.4) is 0 Å². The maximum Gasteiger partial charge on any atom is 0.391 e. The van der Waals surface area contributed by atoms with Gasteiger partial charge in [-0.2, -0.15) is 27.1 Å². The second-order valence-corrected chi connectivity index (χ2v) is 6.62. The van der Waals surface area contributed by atoms with Gasteiger partial charge in [0.1, 0.15) is 11.4 Å². The molecule has 0 N–H and O–H groups in total. The largest absolute Gasteiger partial charge is 0.492 e. The highest BCUT2D eigenvalue weighted by Gasteiger charge is 2.36. The first-order valence-corrected chi connectivity index (χ1v) is 9.50. The van der Waals surface area contributed by atoms with E-state index in [1.54, 1.807) is 13.8 Å². The molecule has 0 aliphatic carbocycles. The number of ether oxygens (including phenoxy) is 3. The number of methoxy groups -OCH3 is 1. The summed E-state index contributed by atoms with van der Waals surface area (Å²) < 4.78 is 81.1. The van der Waals surface area contributed by atoms with E-state index in [1.165, 1.54) is 23.9 Å². The van der Waals surface area contributed by atoms with E-state index in [4.69, 9.17) is 9.47 Å². The Balaban J connectivity index is 2.62. The average Bonchev–Trinajstić information content (AvgIpc) is 3.05. The maximum absolute atomic E-state index is 13.1. The van der Waals surface area contributed by atoms with Gasteiger partial charge in [0.15, 0.2) is 5.75 Å². The zero-order chi connectivity index (χ0) is 23.3. The molecule has 2 aromatic rings. The lowest BCUT2D eigenvalue weighted by molar-refractivity contribution is -0.169. The van der Waals surface area contributed by atoms with Gasteiger partial charge < -0.3 is 14.2 Å². The highest BCUT2D eigenvalue weighted by molar-refractivity contribution is 5.94. The molecule has 172 valence electrons. The number of hydrogen-bond donors (Lipinski definition) is 0. The molecule has 0 aliphatic rings. The molecule has 6 nitrogen and oxygen atoms in total. The van der Waals surface area contributed by atoms with Gasteiger partial charge >= 0.3 is 18.8 Å². The Morgan fingerprint density at radius 1 is 1.23 bits per heavy atom. The second kappa shape index (κ2) is 9.97. The monoisotopic (exact) mass is 450 g/mol. The van der Waals surface area contributed by atoms with E-state index in [2.05, 4.69) is 9.84 Å². The summed E-state index contributed by atoms with van der Waals surface area (Å²) in [4.78, 5) is 12.2. The quantitative estimate of drug-likeness (QED) is 0.393. The lowest BCUT2D eigenvalue weighted by atomic mass is 9.98. The first kappa shape index (κ1) is 24.4. The fraction of sp³-hybridized carbons (Fsp3) is 0.500. The van der Waals surface area contributed by atoms with Gasteiger partial charge in [-0.15, -0.1) is 0 Å². The number of aromatic nitrogens is 2. The first-order valence-electron chi connectivity index (χ1n) is 9.50. The third kappa shape index (κ3) is 5.65. The molecule has 0 bridgehead atoms. The van der Waals surface area contributed by atoms with Gasteiger partial charge in [-0.25, -0.2) is 4.79 Å². The SMILES string of the molecule is CCOC(=O)c1nn(CC)c(-c2ccc(C[C@H](C)C(F)(F)F)cc2OC(F)F)c1OC. The number of hydrogen-bond acceptors (Lipinski definition) is 5. The van der Waals surface area contributed by atoms with Gasteiger partial charge in [0.05, 0.1) is 19.6 Å². The van der Waals surface area contributed by atoms with E-state index in [9.17, 15) is 26.7 Å². The Morgan fingerprint density at radius 2 is 1.90 bits per heavy atom. The third-order valence-corrected chi connectivity index (χ3v) is 4.50. The zero-order valence-electron chi connectivity index (χ0n) is 17.4. The smallest absolute Gasteiger partial charge is 0.391 e. The van der Waals surface area contributed by atoms with Crippen molar-refractivity contribution in [2.24, 2.45) is 5.92 Å². The minimum atomic E-state index is -4.43. The topological polar surface area (TPSA) is 62.6 Å². The van der Waals surface area contributed by atoms with E-state index in [1.807, 2.05) is 0 Å². The molecule has 0 radical (unpaired) electrons. The first-order chi connectivity index (χ1) is 14.5. The van der Waals surface area contributed by atoms with Crippen LogP contribution < -0.4 is 9.47 Å². The van der Waals surface area contributed by atoms with Gasteiger partial charge in [-0.05, 0) is 38.0 Å². The highest BCUT2D eigenvalue weighted by Crippen LogP contribution is 2.40. The van der Waals surface area contributed by atoms with Gasteiger partial charge in [-0.1, -0.05) is 13.0 Å². The van der Waals surface area contributed by atoms with Crippen molar-refractivity contribution in [3.63, 3.8) is 0 Å². The average molecular weight is 450 g/mol. The molecule has 1 aromatic heterocycles. The van der Waals surface area contributed by atoms with Gasteiger partial charge in [0, 0.05) is 12.1 Å². The van der Waals surface area contributed by atoms with Crippen molar-refractivity contribution in [3.05, 3.63) is 29.5 Å². The number of esters is 1. The number of benzene rings is 1. The molecule has 0 fully saturated rings. The predicted molar refractivity (Wildman–Crippen MR) is 101 cm³/mol. The predicted octanol–water partition coefficient (Wildman–Crippen LogP) is 5.10. The van der Waals surface area contributed by atoms with E-state index in [0.717, 1.165) is 13.0 Å². The van der Waals surface area contributed by atoms with Crippen LogP contribution >= 0.6 is 0 Å². The molecular weight excluding hydrogens is 427 g/mol. The van der Waals surface area contributed by atoms with Crippen LogP contribution in [-0.2, 0) is 17.7 Å². The normalized spacial score (nSPS) is 12.7. The van der Waals surface area contributed by atoms with Crippen LogP contribution in [0.4, 0.5) is 22.0 Å². The van der Waals surface area contributed by atoms with E-state index < -0.39 is 31.1 Å². The summed E-state index contributed by atoms with van der Waals surface area (Å²) in [6, 6.07) is 3.85. The molecule has 1 aromatic carbocycles.